The van der Waals surface area contributed by atoms with Crippen LogP contribution in [0.3, 0.4) is 0 Å². The third-order valence-corrected chi connectivity index (χ3v) is 5.21. The number of benzene rings is 2. The van der Waals surface area contributed by atoms with Crippen molar-refractivity contribution < 1.29 is 4.79 Å². The van der Waals surface area contributed by atoms with Crippen LogP contribution in [0.15, 0.2) is 46.9 Å². The zero-order valence-electron chi connectivity index (χ0n) is 13.8. The molecule has 0 unspecified atom stereocenters. The number of anilines is 3. The molecular weight excluding hydrogens is 366 g/mol. The molecule has 2 aromatic carbocycles. The molecule has 1 saturated heterocycles. The molecule has 24 heavy (non-hydrogen) atoms. The van der Waals surface area contributed by atoms with Crippen LogP contribution in [-0.2, 0) is 0 Å². The zero-order chi connectivity index (χ0) is 17.1. The largest absolute Gasteiger partial charge is 0.397 e. The van der Waals surface area contributed by atoms with Gasteiger partial charge in [0, 0.05) is 22.7 Å². The number of rotatable bonds is 3. The van der Waals surface area contributed by atoms with E-state index in [1.54, 1.807) is 6.07 Å². The second kappa shape index (κ2) is 7.26. The number of amides is 1. The highest BCUT2D eigenvalue weighted by molar-refractivity contribution is 9.10. The molecular formula is C19H22BrN3O. The average Bonchev–Trinajstić information content (AvgIpc) is 2.56. The van der Waals surface area contributed by atoms with Gasteiger partial charge in [-0.25, -0.2) is 0 Å². The highest BCUT2D eigenvalue weighted by Crippen LogP contribution is 2.31. The van der Waals surface area contributed by atoms with Crippen molar-refractivity contribution in [2.45, 2.75) is 32.2 Å². The summed E-state index contributed by atoms with van der Waals surface area (Å²) in [5.41, 5.74) is 9.33. The maximum Gasteiger partial charge on any atom is 0.256 e. The number of nitrogens with two attached hydrogens (primary N) is 1. The van der Waals surface area contributed by atoms with Gasteiger partial charge in [0.2, 0.25) is 0 Å². The zero-order valence-corrected chi connectivity index (χ0v) is 15.3. The average molecular weight is 388 g/mol. The summed E-state index contributed by atoms with van der Waals surface area (Å²) in [5.74, 6) is -0.152. The van der Waals surface area contributed by atoms with Gasteiger partial charge in [0.25, 0.3) is 5.91 Å². The van der Waals surface area contributed by atoms with E-state index in [0.29, 0.717) is 23.0 Å². The Bertz CT molecular complexity index is 747. The van der Waals surface area contributed by atoms with Gasteiger partial charge in [0.15, 0.2) is 0 Å². The van der Waals surface area contributed by atoms with Crippen molar-refractivity contribution in [2.75, 3.05) is 22.5 Å². The first kappa shape index (κ1) is 16.8. The van der Waals surface area contributed by atoms with Crippen LogP contribution in [0, 0.1) is 0 Å². The van der Waals surface area contributed by atoms with Gasteiger partial charge in [-0.15, -0.1) is 0 Å². The topological polar surface area (TPSA) is 58.4 Å². The molecule has 1 fully saturated rings. The van der Waals surface area contributed by atoms with Crippen LogP contribution < -0.4 is 16.0 Å². The van der Waals surface area contributed by atoms with Crippen molar-refractivity contribution in [3.05, 3.63) is 52.5 Å². The number of hydrogen-bond donors (Lipinski definition) is 2. The van der Waals surface area contributed by atoms with E-state index in [1.165, 1.54) is 19.3 Å². The maximum atomic E-state index is 12.4. The fourth-order valence-electron chi connectivity index (χ4n) is 3.19. The van der Waals surface area contributed by atoms with E-state index >= 15 is 0 Å². The predicted octanol–water partition coefficient (Wildman–Crippen LogP) is 4.66. The van der Waals surface area contributed by atoms with Crippen LogP contribution in [0.4, 0.5) is 17.1 Å². The predicted molar refractivity (Wildman–Crippen MR) is 104 cm³/mol. The van der Waals surface area contributed by atoms with Crippen molar-refractivity contribution in [1.29, 1.82) is 0 Å². The molecule has 1 aliphatic heterocycles. The van der Waals surface area contributed by atoms with Crippen LogP contribution in [0.25, 0.3) is 0 Å². The lowest BCUT2D eigenvalue weighted by Gasteiger charge is -2.36. The summed E-state index contributed by atoms with van der Waals surface area (Å²) < 4.78 is 0.772. The highest BCUT2D eigenvalue weighted by atomic mass is 79.9. The molecule has 0 aliphatic carbocycles. The van der Waals surface area contributed by atoms with E-state index in [4.69, 9.17) is 5.73 Å². The molecule has 1 amide bonds. The quantitative estimate of drug-likeness (QED) is 0.752. The normalized spacial score (nSPS) is 17.6. The minimum Gasteiger partial charge on any atom is -0.397 e. The van der Waals surface area contributed by atoms with Gasteiger partial charge in [0.1, 0.15) is 0 Å². The standard InChI is InChI=1S/C19H22BrN3O/c1-13-6-4-5-11-23(13)18-10-9-14(12-17(18)21)22-19(24)15-7-2-3-8-16(15)20/h2-3,7-10,12-13H,4-6,11,21H2,1H3,(H,22,24)/t13-/m0/s1. The number of nitrogens with zero attached hydrogens (tertiary/aromatic N) is 1. The van der Waals surface area contributed by atoms with E-state index in [0.717, 1.165) is 16.7 Å². The van der Waals surface area contributed by atoms with E-state index in [9.17, 15) is 4.79 Å². The Balaban J connectivity index is 1.77. The summed E-state index contributed by atoms with van der Waals surface area (Å²) in [4.78, 5) is 14.8. The van der Waals surface area contributed by atoms with E-state index in [1.807, 2.05) is 36.4 Å². The number of carbonyl (C=O) groups excluding carboxylic acids is 1. The van der Waals surface area contributed by atoms with Crippen molar-refractivity contribution in [3.63, 3.8) is 0 Å². The Kier molecular flexibility index (Phi) is 5.09. The van der Waals surface area contributed by atoms with Crippen LogP contribution in [0.5, 0.6) is 0 Å². The second-order valence-corrected chi connectivity index (χ2v) is 7.10. The molecule has 4 nitrogen and oxygen atoms in total. The molecule has 0 aromatic heterocycles. The molecule has 1 atom stereocenters. The summed E-state index contributed by atoms with van der Waals surface area (Å²) in [7, 11) is 0. The van der Waals surface area contributed by atoms with Crippen molar-refractivity contribution in [1.82, 2.24) is 0 Å². The lowest BCUT2D eigenvalue weighted by atomic mass is 10.0. The minimum absolute atomic E-state index is 0.152. The van der Waals surface area contributed by atoms with Crippen LogP contribution >= 0.6 is 15.9 Å². The van der Waals surface area contributed by atoms with Crippen LogP contribution in [0.1, 0.15) is 36.5 Å². The summed E-state index contributed by atoms with van der Waals surface area (Å²) >= 11 is 3.40. The third-order valence-electron chi connectivity index (χ3n) is 4.52. The van der Waals surface area contributed by atoms with Crippen LogP contribution in [0.2, 0.25) is 0 Å². The third kappa shape index (κ3) is 3.56. The highest BCUT2D eigenvalue weighted by Gasteiger charge is 2.20. The van der Waals surface area contributed by atoms with Crippen molar-refractivity contribution in [2.24, 2.45) is 0 Å². The Morgan fingerprint density at radius 2 is 2.04 bits per heavy atom. The smallest absolute Gasteiger partial charge is 0.256 e. The lowest BCUT2D eigenvalue weighted by Crippen LogP contribution is -2.37. The first-order valence-electron chi connectivity index (χ1n) is 8.28. The number of hydrogen-bond acceptors (Lipinski definition) is 3. The summed E-state index contributed by atoms with van der Waals surface area (Å²) in [6.45, 7) is 3.27. The Morgan fingerprint density at radius 3 is 2.75 bits per heavy atom. The lowest BCUT2D eigenvalue weighted by molar-refractivity contribution is 0.102. The van der Waals surface area contributed by atoms with Gasteiger partial charge in [-0.3, -0.25) is 4.79 Å². The van der Waals surface area contributed by atoms with E-state index in [-0.39, 0.29) is 5.91 Å². The monoisotopic (exact) mass is 387 g/mol. The molecule has 5 heteroatoms. The fraction of sp³-hybridized carbons (Fsp3) is 0.316. The van der Waals surface area contributed by atoms with Gasteiger partial charge in [-0.1, -0.05) is 12.1 Å². The van der Waals surface area contributed by atoms with E-state index < -0.39 is 0 Å². The van der Waals surface area contributed by atoms with Gasteiger partial charge < -0.3 is 16.0 Å². The summed E-state index contributed by atoms with van der Waals surface area (Å²) in [6, 6.07) is 13.6. The van der Waals surface area contributed by atoms with Gasteiger partial charge in [0.05, 0.1) is 16.9 Å². The Morgan fingerprint density at radius 1 is 1.25 bits per heavy atom. The van der Waals surface area contributed by atoms with Crippen molar-refractivity contribution in [3.8, 4) is 0 Å². The molecule has 3 N–H and O–H groups in total. The molecule has 0 radical (unpaired) electrons. The maximum absolute atomic E-state index is 12.4. The molecule has 0 bridgehead atoms. The number of nitrogen functional groups attached to an aromatic ring is 1. The van der Waals surface area contributed by atoms with Gasteiger partial charge >= 0.3 is 0 Å². The minimum atomic E-state index is -0.152. The fourth-order valence-corrected chi connectivity index (χ4v) is 3.66. The summed E-state index contributed by atoms with van der Waals surface area (Å²) in [5, 5.41) is 2.91. The molecule has 3 rings (SSSR count). The number of nitrogens with one attached hydrogen (secondary N) is 1. The number of carbonyl (C=O) groups is 1. The molecule has 0 spiro atoms. The molecule has 1 heterocycles. The van der Waals surface area contributed by atoms with Gasteiger partial charge in [-0.05, 0) is 72.4 Å². The Hall–Kier alpha value is -2.01. The van der Waals surface area contributed by atoms with Gasteiger partial charge in [-0.2, -0.15) is 0 Å². The molecule has 126 valence electrons. The van der Waals surface area contributed by atoms with Crippen molar-refractivity contribution >= 4 is 38.9 Å². The molecule has 0 saturated carbocycles. The first-order chi connectivity index (χ1) is 11.6. The van der Waals surface area contributed by atoms with Crippen LogP contribution in [-0.4, -0.2) is 18.5 Å². The molecule has 2 aromatic rings. The van der Waals surface area contributed by atoms with E-state index in [2.05, 4.69) is 33.1 Å². The number of halogens is 1. The Labute approximate surface area is 151 Å². The second-order valence-electron chi connectivity index (χ2n) is 6.25. The SMILES string of the molecule is C[C@H]1CCCCN1c1ccc(NC(=O)c2ccccc2Br)cc1N. The summed E-state index contributed by atoms with van der Waals surface area (Å²) in [6.07, 6.45) is 3.67. The first-order valence-corrected chi connectivity index (χ1v) is 9.07. The number of piperidine rings is 1. The molecule has 1 aliphatic rings.